The van der Waals surface area contributed by atoms with E-state index in [1.54, 1.807) is 0 Å². The molecule has 0 bridgehead atoms. The SMILES string of the molecule is c1ccc2cc(-c3ccc(N(c4ccc5c(c4)Oc4cccc6cccc(c46)O5)c4cccc5ccccc45)cc3)ccc2c1. The lowest BCUT2D eigenvalue weighted by atomic mass is 10.0. The largest absolute Gasteiger partial charge is 0.453 e. The molecule has 0 spiro atoms. The van der Waals surface area contributed by atoms with Gasteiger partial charge in [0.25, 0.3) is 0 Å². The minimum absolute atomic E-state index is 0.675. The second-order valence-corrected chi connectivity index (χ2v) is 11.4. The lowest BCUT2D eigenvalue weighted by Crippen LogP contribution is -2.10. The molecule has 0 radical (unpaired) electrons. The molecule has 0 amide bonds. The number of anilines is 3. The van der Waals surface area contributed by atoms with Crippen LogP contribution in [0.2, 0.25) is 0 Å². The molecular formula is C42H27NO2. The third-order valence-corrected chi connectivity index (χ3v) is 8.67. The Morgan fingerprint density at radius 3 is 1.80 bits per heavy atom. The monoisotopic (exact) mass is 577 g/mol. The van der Waals surface area contributed by atoms with Crippen LogP contribution in [0, 0.1) is 0 Å². The van der Waals surface area contributed by atoms with E-state index < -0.39 is 0 Å². The number of hydrogen-bond donors (Lipinski definition) is 0. The van der Waals surface area contributed by atoms with Crippen LogP contribution < -0.4 is 14.4 Å². The van der Waals surface area contributed by atoms with Gasteiger partial charge in [0.2, 0.25) is 0 Å². The van der Waals surface area contributed by atoms with Gasteiger partial charge in [-0.25, -0.2) is 0 Å². The molecule has 3 nitrogen and oxygen atoms in total. The molecule has 1 aliphatic rings. The van der Waals surface area contributed by atoms with E-state index in [2.05, 4.69) is 138 Å². The van der Waals surface area contributed by atoms with Gasteiger partial charge in [-0.05, 0) is 81.2 Å². The Morgan fingerprint density at radius 1 is 0.356 bits per heavy atom. The molecule has 1 aliphatic heterocycles. The van der Waals surface area contributed by atoms with Gasteiger partial charge in [0.15, 0.2) is 11.5 Å². The van der Waals surface area contributed by atoms with Gasteiger partial charge in [0, 0.05) is 17.1 Å². The van der Waals surface area contributed by atoms with E-state index in [1.807, 2.05) is 30.3 Å². The van der Waals surface area contributed by atoms with E-state index in [-0.39, 0.29) is 0 Å². The maximum Gasteiger partial charge on any atom is 0.172 e. The molecule has 0 aliphatic carbocycles. The average Bonchev–Trinajstić information content (AvgIpc) is 3.26. The van der Waals surface area contributed by atoms with Gasteiger partial charge < -0.3 is 14.4 Å². The van der Waals surface area contributed by atoms with Crippen LogP contribution in [0.1, 0.15) is 0 Å². The minimum Gasteiger partial charge on any atom is -0.453 e. The third kappa shape index (κ3) is 4.37. The predicted molar refractivity (Wildman–Crippen MR) is 186 cm³/mol. The Morgan fingerprint density at radius 2 is 0.978 bits per heavy atom. The maximum absolute atomic E-state index is 6.58. The van der Waals surface area contributed by atoms with Gasteiger partial charge >= 0.3 is 0 Å². The van der Waals surface area contributed by atoms with Gasteiger partial charge in [-0.3, -0.25) is 0 Å². The Bertz CT molecular complexity index is 2380. The average molecular weight is 578 g/mol. The number of fused-ring (bicyclic) bond motifs is 3. The summed E-state index contributed by atoms with van der Waals surface area (Å²) in [5.41, 5.74) is 5.49. The second-order valence-electron chi connectivity index (χ2n) is 11.4. The molecule has 8 aromatic rings. The zero-order valence-electron chi connectivity index (χ0n) is 24.4. The molecule has 3 heteroatoms. The van der Waals surface area contributed by atoms with E-state index in [9.17, 15) is 0 Å². The molecule has 45 heavy (non-hydrogen) atoms. The van der Waals surface area contributed by atoms with Gasteiger partial charge in [0.1, 0.15) is 11.5 Å². The summed E-state index contributed by atoms with van der Waals surface area (Å²) in [5, 5.41) is 6.90. The van der Waals surface area contributed by atoms with E-state index in [0.29, 0.717) is 11.5 Å². The Balaban J connectivity index is 1.18. The third-order valence-electron chi connectivity index (χ3n) is 8.67. The zero-order chi connectivity index (χ0) is 29.7. The molecule has 0 fully saturated rings. The van der Waals surface area contributed by atoms with Crippen LogP contribution in [0.3, 0.4) is 0 Å². The summed E-state index contributed by atoms with van der Waals surface area (Å²) >= 11 is 0. The van der Waals surface area contributed by atoms with Crippen molar-refractivity contribution in [2.75, 3.05) is 4.90 Å². The van der Waals surface area contributed by atoms with Crippen molar-refractivity contribution < 1.29 is 9.47 Å². The van der Waals surface area contributed by atoms with Crippen molar-refractivity contribution in [3.63, 3.8) is 0 Å². The van der Waals surface area contributed by atoms with Crippen molar-refractivity contribution in [2.45, 2.75) is 0 Å². The van der Waals surface area contributed by atoms with Crippen LogP contribution in [-0.2, 0) is 0 Å². The van der Waals surface area contributed by atoms with E-state index in [1.165, 1.54) is 32.7 Å². The first-order chi connectivity index (χ1) is 22.3. The summed E-state index contributed by atoms with van der Waals surface area (Å²) in [7, 11) is 0. The van der Waals surface area contributed by atoms with Crippen LogP contribution >= 0.6 is 0 Å². The second kappa shape index (κ2) is 10.3. The fourth-order valence-corrected chi connectivity index (χ4v) is 6.48. The molecular weight excluding hydrogens is 550 g/mol. The highest BCUT2D eigenvalue weighted by molar-refractivity contribution is 5.99. The molecule has 0 unspecified atom stereocenters. The standard InChI is InChI=1S/C42H27NO2/c1-2-10-32-26-33(19-18-28(32)8-1)29-20-22-34(23-21-29)43(37-15-5-11-30-9-3-4-14-36(30)37)35-24-25-38-41(27-35)45-40-17-7-13-31-12-6-16-39(44-38)42(31)40/h1-27H. The Hall–Kier alpha value is -6.06. The first-order valence-corrected chi connectivity index (χ1v) is 15.2. The van der Waals surface area contributed by atoms with Crippen molar-refractivity contribution >= 4 is 49.4 Å². The molecule has 0 atom stereocenters. The van der Waals surface area contributed by atoms with Crippen LogP contribution in [0.15, 0.2) is 164 Å². The minimum atomic E-state index is 0.675. The molecule has 212 valence electrons. The highest BCUT2D eigenvalue weighted by Crippen LogP contribution is 2.48. The molecule has 9 rings (SSSR count). The van der Waals surface area contributed by atoms with E-state index in [0.717, 1.165) is 39.3 Å². The quantitative estimate of drug-likeness (QED) is 0.208. The molecule has 0 N–H and O–H groups in total. The van der Waals surface area contributed by atoms with Gasteiger partial charge in [-0.15, -0.1) is 0 Å². The fourth-order valence-electron chi connectivity index (χ4n) is 6.48. The highest BCUT2D eigenvalue weighted by Gasteiger charge is 2.22. The smallest absolute Gasteiger partial charge is 0.172 e. The van der Waals surface area contributed by atoms with Gasteiger partial charge in [-0.1, -0.05) is 109 Å². The summed E-state index contributed by atoms with van der Waals surface area (Å²) in [6.45, 7) is 0. The molecule has 0 saturated carbocycles. The van der Waals surface area contributed by atoms with E-state index in [4.69, 9.17) is 9.47 Å². The number of benzene rings is 8. The van der Waals surface area contributed by atoms with Gasteiger partial charge in [-0.2, -0.15) is 0 Å². The first-order valence-electron chi connectivity index (χ1n) is 15.2. The van der Waals surface area contributed by atoms with E-state index >= 15 is 0 Å². The number of nitrogens with zero attached hydrogens (tertiary/aromatic N) is 1. The summed E-state index contributed by atoms with van der Waals surface area (Å²) in [4.78, 5) is 2.30. The number of ether oxygens (including phenoxy) is 2. The molecule has 0 aromatic heterocycles. The molecule has 8 aromatic carbocycles. The maximum atomic E-state index is 6.58. The number of rotatable bonds is 4. The lowest BCUT2D eigenvalue weighted by Gasteiger charge is -2.27. The normalized spacial score (nSPS) is 11.9. The number of hydrogen-bond acceptors (Lipinski definition) is 3. The van der Waals surface area contributed by atoms with Gasteiger partial charge in [0.05, 0.1) is 16.8 Å². The van der Waals surface area contributed by atoms with Crippen LogP contribution in [-0.4, -0.2) is 0 Å². The Kier molecular flexibility index (Phi) is 5.82. The summed E-state index contributed by atoms with van der Waals surface area (Å²) in [5.74, 6) is 2.95. The van der Waals surface area contributed by atoms with Crippen molar-refractivity contribution in [3.8, 4) is 34.1 Å². The first kappa shape index (κ1) is 25.4. The van der Waals surface area contributed by atoms with Crippen molar-refractivity contribution in [2.24, 2.45) is 0 Å². The summed E-state index contributed by atoms with van der Waals surface area (Å²) < 4.78 is 13.0. The van der Waals surface area contributed by atoms with Crippen molar-refractivity contribution in [3.05, 3.63) is 164 Å². The summed E-state index contributed by atoms with van der Waals surface area (Å²) in [6, 6.07) is 57.3. The summed E-state index contributed by atoms with van der Waals surface area (Å²) in [6.07, 6.45) is 0. The molecule has 1 heterocycles. The van der Waals surface area contributed by atoms with Crippen LogP contribution in [0.25, 0.3) is 43.4 Å². The van der Waals surface area contributed by atoms with Crippen molar-refractivity contribution in [1.82, 2.24) is 0 Å². The van der Waals surface area contributed by atoms with Crippen LogP contribution in [0.5, 0.6) is 23.0 Å². The molecule has 0 saturated heterocycles. The van der Waals surface area contributed by atoms with Crippen molar-refractivity contribution in [1.29, 1.82) is 0 Å². The Labute approximate surface area is 261 Å². The highest BCUT2D eigenvalue weighted by atomic mass is 16.5. The fraction of sp³-hybridized carbons (Fsp3) is 0. The lowest BCUT2D eigenvalue weighted by molar-refractivity contribution is 0.439. The zero-order valence-corrected chi connectivity index (χ0v) is 24.4. The topological polar surface area (TPSA) is 21.7 Å². The van der Waals surface area contributed by atoms with Crippen LogP contribution in [0.4, 0.5) is 17.1 Å². The predicted octanol–water partition coefficient (Wildman–Crippen LogP) is 12.2.